The van der Waals surface area contributed by atoms with E-state index < -0.39 is 34.7 Å². The van der Waals surface area contributed by atoms with Crippen molar-refractivity contribution in [3.8, 4) is 5.75 Å². The summed E-state index contributed by atoms with van der Waals surface area (Å²) >= 11 is 0. The molecule has 2 N–H and O–H groups in total. The predicted octanol–water partition coefficient (Wildman–Crippen LogP) is 6.07. The predicted molar refractivity (Wildman–Crippen MR) is 185 cm³/mol. The minimum Gasteiger partial charge on any atom is -0.493 e. The number of carbonyl (C=O) groups is 4. The zero-order chi connectivity index (χ0) is 36.5. The van der Waals surface area contributed by atoms with Crippen LogP contribution in [0.3, 0.4) is 0 Å². The summed E-state index contributed by atoms with van der Waals surface area (Å²) in [4.78, 5) is 70.7. The second-order valence-electron chi connectivity index (χ2n) is 13.3. The van der Waals surface area contributed by atoms with Crippen LogP contribution in [0.2, 0.25) is 0 Å². The Bertz CT molecular complexity index is 2040. The fraction of sp³-hybridized carbons (Fsp3) is 0.459. The van der Waals surface area contributed by atoms with Gasteiger partial charge in [0.15, 0.2) is 5.75 Å². The lowest BCUT2D eigenvalue weighted by atomic mass is 9.86. The first-order chi connectivity index (χ1) is 23.7. The fourth-order valence-electron chi connectivity index (χ4n) is 6.42. The van der Waals surface area contributed by atoms with Gasteiger partial charge >= 0.3 is 23.9 Å². The molecule has 0 saturated carbocycles. The maximum atomic E-state index is 13.7. The van der Waals surface area contributed by atoms with Gasteiger partial charge in [-0.05, 0) is 45.9 Å². The van der Waals surface area contributed by atoms with Crippen molar-refractivity contribution in [2.24, 2.45) is 0 Å². The van der Waals surface area contributed by atoms with Crippen LogP contribution in [0.1, 0.15) is 120 Å². The van der Waals surface area contributed by atoms with Gasteiger partial charge in [0.1, 0.15) is 5.56 Å². The molecule has 0 saturated heterocycles. The molecule has 3 aromatic heterocycles. The lowest BCUT2D eigenvalue weighted by Gasteiger charge is -2.16. The highest BCUT2D eigenvalue weighted by Crippen LogP contribution is 2.40. The van der Waals surface area contributed by atoms with Crippen LogP contribution in [0.4, 0.5) is 0 Å². The maximum Gasteiger partial charge on any atom is 0.341 e. The summed E-state index contributed by atoms with van der Waals surface area (Å²) in [6.07, 6.45) is 0.794. The molecular weight excluding hydrogens is 644 g/mol. The molecule has 5 rings (SSSR count). The zero-order valence-corrected chi connectivity index (χ0v) is 30.0. The lowest BCUT2D eigenvalue weighted by Crippen LogP contribution is -2.16. The molecule has 13 heteroatoms. The average Bonchev–Trinajstić information content (AvgIpc) is 3.74. The Kier molecular flexibility index (Phi) is 10.1. The minimum absolute atomic E-state index is 0.0130. The first-order valence-electron chi connectivity index (χ1n) is 16.8. The minimum atomic E-state index is -0.736. The topological polar surface area (TPSA) is 172 Å². The van der Waals surface area contributed by atoms with Crippen LogP contribution >= 0.6 is 0 Å². The van der Waals surface area contributed by atoms with Crippen LogP contribution in [0.25, 0.3) is 22.1 Å². The molecule has 0 fully saturated rings. The van der Waals surface area contributed by atoms with Gasteiger partial charge < -0.3 is 33.7 Å². The van der Waals surface area contributed by atoms with Crippen molar-refractivity contribution >= 4 is 45.9 Å². The van der Waals surface area contributed by atoms with Gasteiger partial charge in [0.2, 0.25) is 0 Å². The second kappa shape index (κ2) is 14.0. The van der Waals surface area contributed by atoms with E-state index in [0.29, 0.717) is 46.7 Å². The summed E-state index contributed by atoms with van der Waals surface area (Å²) in [5.74, 6) is -2.62. The van der Waals surface area contributed by atoms with Crippen molar-refractivity contribution in [2.75, 3.05) is 33.5 Å². The highest BCUT2D eigenvalue weighted by molar-refractivity contribution is 6.15. The second-order valence-corrected chi connectivity index (χ2v) is 13.3. The number of nitrogens with one attached hydrogen (secondary N) is 2. The lowest BCUT2D eigenvalue weighted by molar-refractivity contribution is 0.0483. The number of aromatic amines is 2. The molecule has 0 amide bonds. The molecular formula is C37H44N4O9. The van der Waals surface area contributed by atoms with Crippen molar-refractivity contribution in [2.45, 2.75) is 79.1 Å². The SMILES string of the molecule is CCOC(=O)c1c(C(=O)OCC)c2cc3nc(c(OC)c4[nH]c(cc5nc(cc1[nH]2)CC5(C)C)c(C(=O)OCC)c4C(=O)OCC)CC3(C)C. The van der Waals surface area contributed by atoms with E-state index in [2.05, 4.69) is 9.97 Å². The van der Waals surface area contributed by atoms with Gasteiger partial charge in [0, 0.05) is 40.8 Å². The molecule has 13 nitrogen and oxygen atoms in total. The van der Waals surface area contributed by atoms with Gasteiger partial charge in [0.25, 0.3) is 0 Å². The number of esters is 4. The Morgan fingerprint density at radius 1 is 0.620 bits per heavy atom. The number of aromatic nitrogens is 4. The van der Waals surface area contributed by atoms with E-state index in [0.717, 1.165) is 0 Å². The highest BCUT2D eigenvalue weighted by atomic mass is 16.5. The van der Waals surface area contributed by atoms with Gasteiger partial charge in [-0.3, -0.25) is 9.97 Å². The quantitative estimate of drug-likeness (QED) is 0.197. The Morgan fingerprint density at radius 2 is 1.04 bits per heavy atom. The summed E-state index contributed by atoms with van der Waals surface area (Å²) in [6, 6.07) is 5.13. The van der Waals surface area contributed by atoms with Gasteiger partial charge in [-0.1, -0.05) is 27.7 Å². The monoisotopic (exact) mass is 688 g/mol. The van der Waals surface area contributed by atoms with Crippen molar-refractivity contribution in [1.29, 1.82) is 0 Å². The number of ether oxygens (including phenoxy) is 5. The third-order valence-corrected chi connectivity index (χ3v) is 8.71. The number of fused-ring (bicyclic) bond motifs is 8. The Balaban J connectivity index is 2.07. The van der Waals surface area contributed by atoms with E-state index in [4.69, 9.17) is 33.7 Å². The zero-order valence-electron chi connectivity index (χ0n) is 30.0. The van der Waals surface area contributed by atoms with E-state index in [1.807, 2.05) is 27.7 Å². The Morgan fingerprint density at radius 3 is 1.54 bits per heavy atom. The molecule has 8 bridgehead atoms. The van der Waals surface area contributed by atoms with Crippen LogP contribution in [0.5, 0.6) is 5.75 Å². The number of rotatable bonds is 9. The molecule has 0 radical (unpaired) electrons. The first kappa shape index (κ1) is 36.1. The third-order valence-electron chi connectivity index (χ3n) is 8.71. The number of H-pyrrole nitrogens is 2. The van der Waals surface area contributed by atoms with E-state index in [-0.39, 0.29) is 65.5 Å². The summed E-state index contributed by atoms with van der Waals surface area (Å²) in [7, 11) is 1.46. The molecule has 0 unspecified atom stereocenters. The molecule has 50 heavy (non-hydrogen) atoms. The molecule has 2 aliphatic rings. The van der Waals surface area contributed by atoms with Gasteiger partial charge in [-0.25, -0.2) is 19.2 Å². The van der Waals surface area contributed by atoms with Gasteiger partial charge in [-0.15, -0.1) is 0 Å². The molecule has 0 aromatic carbocycles. The molecule has 0 atom stereocenters. The number of nitrogens with zero attached hydrogens (tertiary/aromatic N) is 2. The number of hydrogen-bond acceptors (Lipinski definition) is 11. The summed E-state index contributed by atoms with van der Waals surface area (Å²) in [5.41, 5.74) is 2.14. The van der Waals surface area contributed by atoms with Gasteiger partial charge in [0.05, 0.1) is 78.0 Å². The van der Waals surface area contributed by atoms with Crippen LogP contribution in [0, 0.1) is 0 Å². The van der Waals surface area contributed by atoms with E-state index in [9.17, 15) is 19.2 Å². The summed E-state index contributed by atoms with van der Waals surface area (Å²) in [5, 5.41) is 0. The van der Waals surface area contributed by atoms with Crippen molar-refractivity contribution < 1.29 is 42.9 Å². The molecule has 0 spiro atoms. The highest BCUT2D eigenvalue weighted by Gasteiger charge is 2.36. The third kappa shape index (κ3) is 6.56. The molecule has 0 aliphatic carbocycles. The smallest absolute Gasteiger partial charge is 0.341 e. The van der Waals surface area contributed by atoms with Crippen molar-refractivity contribution in [3.05, 3.63) is 63.2 Å². The van der Waals surface area contributed by atoms with Crippen LogP contribution in [-0.2, 0) is 42.6 Å². The van der Waals surface area contributed by atoms with Crippen molar-refractivity contribution in [1.82, 2.24) is 19.9 Å². The maximum absolute atomic E-state index is 13.7. The van der Waals surface area contributed by atoms with Crippen LogP contribution in [0.15, 0.2) is 18.2 Å². The van der Waals surface area contributed by atoms with Crippen LogP contribution < -0.4 is 4.74 Å². The first-order valence-corrected chi connectivity index (χ1v) is 16.8. The summed E-state index contributed by atoms with van der Waals surface area (Å²) < 4.78 is 27.7. The van der Waals surface area contributed by atoms with Gasteiger partial charge in [-0.2, -0.15) is 0 Å². The van der Waals surface area contributed by atoms with Crippen molar-refractivity contribution in [3.63, 3.8) is 0 Å². The largest absolute Gasteiger partial charge is 0.493 e. The number of hydrogen-bond donors (Lipinski definition) is 2. The molecule has 5 heterocycles. The Hall–Kier alpha value is -5.20. The summed E-state index contributed by atoms with van der Waals surface area (Å²) in [6.45, 7) is 15.0. The molecule has 3 aromatic rings. The molecule has 266 valence electrons. The van der Waals surface area contributed by atoms with Crippen LogP contribution in [-0.4, -0.2) is 77.4 Å². The Labute approximate surface area is 290 Å². The van der Waals surface area contributed by atoms with E-state index in [1.54, 1.807) is 45.9 Å². The number of carbonyl (C=O) groups excluding carboxylic acids is 4. The fourth-order valence-corrected chi connectivity index (χ4v) is 6.42. The molecule has 2 aliphatic heterocycles. The average molecular weight is 689 g/mol. The van der Waals surface area contributed by atoms with E-state index in [1.165, 1.54) is 7.11 Å². The normalized spacial score (nSPS) is 14.5. The van der Waals surface area contributed by atoms with E-state index >= 15 is 0 Å². The standard InChI is InChI=1S/C37H44N4O9/c1-10-47-32(42)26-20-14-19-17-36(5,6)24(38-19)16-22-28(34(44)49-12-3)29(35(45)50-13-4)30(41-22)31(46-9)23-18-37(7,8)25(40-23)15-21(39-20)27(26)33(43)48-11-2/h14-16,39,41H,10-13,17-18H2,1-9H3. The number of methoxy groups -OCH3 is 1.